The molecule has 9 heteroatoms. The maximum atomic E-state index is 17.3. The second kappa shape index (κ2) is 8.41. The van der Waals surface area contributed by atoms with Gasteiger partial charge in [-0.25, -0.2) is 8.78 Å². The highest BCUT2D eigenvalue weighted by Gasteiger charge is 2.78. The van der Waals surface area contributed by atoms with E-state index < -0.39 is 69.0 Å². The van der Waals surface area contributed by atoms with E-state index in [9.17, 15) is 19.5 Å². The zero-order chi connectivity index (χ0) is 25.3. The number of hydrogen-bond acceptors (Lipinski definition) is 6. The second-order valence-electron chi connectivity index (χ2n) is 10.6. The smallest absolute Gasteiger partial charge is 0.306 e. The van der Waals surface area contributed by atoms with Crippen LogP contribution < -0.4 is 0 Å². The normalized spacial score (nSPS) is 47.4. The third-order valence-corrected chi connectivity index (χ3v) is 10.2. The Morgan fingerprint density at radius 3 is 2.59 bits per heavy atom. The molecule has 1 unspecified atom stereocenters. The van der Waals surface area contributed by atoms with Gasteiger partial charge < -0.3 is 9.84 Å². The molecule has 4 aliphatic carbocycles. The van der Waals surface area contributed by atoms with E-state index >= 15 is 8.78 Å². The predicted molar refractivity (Wildman–Crippen MR) is 126 cm³/mol. The van der Waals surface area contributed by atoms with Gasteiger partial charge in [0.1, 0.15) is 6.17 Å². The monoisotopic (exact) mass is 516 g/mol. The number of halogens is 3. The van der Waals surface area contributed by atoms with Crippen LogP contribution in [0.3, 0.4) is 0 Å². The molecule has 3 fully saturated rings. The first-order valence-corrected chi connectivity index (χ1v) is 13.3. The first kappa shape index (κ1) is 25.8. The minimum absolute atomic E-state index is 0.0462. The fourth-order valence-electron chi connectivity index (χ4n) is 7.63. The second-order valence-corrected chi connectivity index (χ2v) is 12.1. The summed E-state index contributed by atoms with van der Waals surface area (Å²) in [5.74, 6) is -2.95. The summed E-state index contributed by atoms with van der Waals surface area (Å²) in [5, 5.41) is 11.0. The van der Waals surface area contributed by atoms with Crippen LogP contribution in [-0.4, -0.2) is 50.7 Å². The van der Waals surface area contributed by atoms with Gasteiger partial charge in [0.15, 0.2) is 17.1 Å². The first-order chi connectivity index (χ1) is 15.8. The number of aliphatic hydroxyl groups is 1. The molecule has 4 rings (SSSR count). The third kappa shape index (κ3) is 3.10. The molecule has 0 saturated heterocycles. The topological polar surface area (TPSA) is 80.7 Å². The van der Waals surface area contributed by atoms with Crippen LogP contribution >= 0.6 is 23.4 Å². The van der Waals surface area contributed by atoms with Crippen molar-refractivity contribution in [2.24, 2.45) is 28.6 Å². The number of ether oxygens (including phenoxy) is 1. The van der Waals surface area contributed by atoms with Crippen molar-refractivity contribution in [3.63, 3.8) is 0 Å². The van der Waals surface area contributed by atoms with Crippen molar-refractivity contribution in [3.8, 4) is 0 Å². The number of ketones is 1. The summed E-state index contributed by atoms with van der Waals surface area (Å²) in [6.45, 7) is 6.69. The van der Waals surface area contributed by atoms with Crippen molar-refractivity contribution in [3.05, 3.63) is 23.8 Å². The van der Waals surface area contributed by atoms with Crippen LogP contribution in [0.1, 0.15) is 53.4 Å². The summed E-state index contributed by atoms with van der Waals surface area (Å²) in [5.41, 5.74) is -6.46. The molecule has 5 nitrogen and oxygen atoms in total. The molecular weight excluding hydrogens is 486 g/mol. The van der Waals surface area contributed by atoms with E-state index in [0.717, 1.165) is 17.8 Å². The lowest BCUT2D eigenvalue weighted by atomic mass is 9.44. The van der Waals surface area contributed by atoms with Crippen LogP contribution in [0.15, 0.2) is 23.8 Å². The van der Waals surface area contributed by atoms with Gasteiger partial charge >= 0.3 is 5.97 Å². The molecule has 4 aliphatic rings. The molecule has 0 aromatic heterocycles. The van der Waals surface area contributed by atoms with Gasteiger partial charge in [0.2, 0.25) is 5.12 Å². The summed E-state index contributed by atoms with van der Waals surface area (Å²) in [7, 11) is 0. The van der Waals surface area contributed by atoms with Crippen LogP contribution in [0.2, 0.25) is 0 Å². The standard InChI is InChI=1S/C25H31ClF2O5S/c1-5-20(31)33-25(21(32)34-12-26)13(2)8-15-16-10-18(27)17-9-14(29)6-7-22(17,3)24(16,28)19(30)11-23(15,25)4/h6-7,9,13,15-16,18-19,30H,5,8,10-12H2,1-4H3/t13-,15+,16+,18+,19+,22+,23+,24?,25+/m1/s1. The molecule has 0 aromatic carbocycles. The van der Waals surface area contributed by atoms with Crippen molar-refractivity contribution in [1.29, 1.82) is 0 Å². The Morgan fingerprint density at radius 2 is 1.97 bits per heavy atom. The van der Waals surface area contributed by atoms with E-state index in [0.29, 0.717) is 6.42 Å². The number of rotatable bonds is 4. The number of hydrogen-bond donors (Lipinski definition) is 1. The average Bonchev–Trinajstić information content (AvgIpc) is 2.99. The lowest BCUT2D eigenvalue weighted by Crippen LogP contribution is -2.70. The Kier molecular flexibility index (Phi) is 6.39. The molecule has 3 saturated carbocycles. The van der Waals surface area contributed by atoms with Crippen molar-refractivity contribution < 1.29 is 33.0 Å². The number of carbonyl (C=O) groups excluding carboxylic acids is 3. The van der Waals surface area contributed by atoms with Crippen LogP contribution in [0.4, 0.5) is 8.78 Å². The Hall–Kier alpha value is -1.25. The quantitative estimate of drug-likeness (QED) is 0.431. The molecule has 0 aromatic rings. The Balaban J connectivity index is 1.87. The Labute approximate surface area is 207 Å². The molecule has 0 bridgehead atoms. The molecule has 1 N–H and O–H groups in total. The summed E-state index contributed by atoms with van der Waals surface area (Å²) < 4.78 is 38.7. The van der Waals surface area contributed by atoms with Crippen molar-refractivity contribution in [2.45, 2.75) is 76.9 Å². The average molecular weight is 517 g/mol. The van der Waals surface area contributed by atoms with Crippen molar-refractivity contribution in [1.82, 2.24) is 0 Å². The van der Waals surface area contributed by atoms with Gasteiger partial charge in [-0.05, 0) is 49.8 Å². The molecule has 188 valence electrons. The van der Waals surface area contributed by atoms with Crippen LogP contribution in [-0.2, 0) is 19.1 Å². The van der Waals surface area contributed by atoms with Gasteiger partial charge in [-0.3, -0.25) is 14.4 Å². The minimum atomic E-state index is -2.25. The third-order valence-electron chi connectivity index (χ3n) is 9.22. The highest BCUT2D eigenvalue weighted by Crippen LogP contribution is 2.72. The van der Waals surface area contributed by atoms with E-state index in [-0.39, 0.29) is 30.0 Å². The molecule has 0 spiro atoms. The van der Waals surface area contributed by atoms with E-state index in [2.05, 4.69) is 0 Å². The lowest BCUT2D eigenvalue weighted by Gasteiger charge is -2.63. The van der Waals surface area contributed by atoms with Gasteiger partial charge in [-0.1, -0.05) is 38.6 Å². The number of esters is 1. The molecule has 9 atom stereocenters. The van der Waals surface area contributed by atoms with E-state index in [4.69, 9.17) is 16.3 Å². The van der Waals surface area contributed by atoms with Gasteiger partial charge in [-0.15, -0.1) is 11.6 Å². The number of aliphatic hydroxyl groups excluding tert-OH is 1. The van der Waals surface area contributed by atoms with E-state index in [1.54, 1.807) is 20.8 Å². The van der Waals surface area contributed by atoms with Crippen molar-refractivity contribution >= 4 is 40.2 Å². The van der Waals surface area contributed by atoms with Gasteiger partial charge in [-0.2, -0.15) is 0 Å². The maximum Gasteiger partial charge on any atom is 0.306 e. The zero-order valence-electron chi connectivity index (χ0n) is 19.8. The highest BCUT2D eigenvalue weighted by molar-refractivity contribution is 8.14. The lowest BCUT2D eigenvalue weighted by molar-refractivity contribution is -0.228. The van der Waals surface area contributed by atoms with Gasteiger partial charge in [0, 0.05) is 29.1 Å². The zero-order valence-corrected chi connectivity index (χ0v) is 21.3. The van der Waals surface area contributed by atoms with Gasteiger partial charge in [0.05, 0.1) is 11.3 Å². The SMILES string of the molecule is CCC(=O)O[C@]1(C(=O)SCCl)[C@H](C)C[C@H]2[C@@H]3C[C@H](F)C4=CC(=O)C=C[C@]4(C)C3(F)[C@@H](O)C[C@@]21C. The molecule has 34 heavy (non-hydrogen) atoms. The largest absolute Gasteiger partial charge is 0.449 e. The van der Waals surface area contributed by atoms with Crippen LogP contribution in [0.5, 0.6) is 0 Å². The number of thioether (sulfide) groups is 1. The van der Waals surface area contributed by atoms with Crippen LogP contribution in [0, 0.1) is 28.6 Å². The number of allylic oxidation sites excluding steroid dienone is 4. The molecular formula is C25H31ClF2O5S. The number of fused-ring (bicyclic) bond motifs is 5. The number of carbonyl (C=O) groups is 3. The summed E-state index contributed by atoms with van der Waals surface area (Å²) in [4.78, 5) is 38.0. The van der Waals surface area contributed by atoms with Gasteiger partial charge in [0.25, 0.3) is 0 Å². The summed E-state index contributed by atoms with van der Waals surface area (Å²) in [6.07, 6.45) is 0.613. The Bertz CT molecular complexity index is 986. The highest BCUT2D eigenvalue weighted by atomic mass is 35.5. The van der Waals surface area contributed by atoms with Crippen molar-refractivity contribution in [2.75, 3.05) is 5.21 Å². The summed E-state index contributed by atoms with van der Waals surface area (Å²) >= 11 is 6.69. The minimum Gasteiger partial charge on any atom is -0.449 e. The first-order valence-electron chi connectivity index (χ1n) is 11.7. The Morgan fingerprint density at radius 1 is 1.29 bits per heavy atom. The van der Waals surface area contributed by atoms with E-state index in [1.165, 1.54) is 19.1 Å². The molecule has 0 aliphatic heterocycles. The predicted octanol–water partition coefficient (Wildman–Crippen LogP) is 4.70. The fraction of sp³-hybridized carbons (Fsp3) is 0.720. The maximum absolute atomic E-state index is 17.3. The number of alkyl halides is 3. The van der Waals surface area contributed by atoms with E-state index in [1.807, 2.05) is 0 Å². The fourth-order valence-corrected chi connectivity index (χ4v) is 8.71. The van der Waals surface area contributed by atoms with Crippen LogP contribution in [0.25, 0.3) is 0 Å². The molecule has 0 amide bonds. The molecule has 0 radical (unpaired) electrons. The summed E-state index contributed by atoms with van der Waals surface area (Å²) in [6, 6.07) is 0. The molecule has 0 heterocycles.